The van der Waals surface area contributed by atoms with Crippen LogP contribution in [0.4, 0.5) is 11.4 Å². The summed E-state index contributed by atoms with van der Waals surface area (Å²) in [6, 6.07) is 10.5. The van der Waals surface area contributed by atoms with Crippen molar-refractivity contribution in [3.05, 3.63) is 47.8 Å². The number of hydrogen-bond donors (Lipinski definition) is 2. The number of nitrogens with zero attached hydrogens (tertiary/aromatic N) is 4. The lowest BCUT2D eigenvalue weighted by Gasteiger charge is -2.13. The number of carbonyl (C=O) groups is 2. The Hall–Kier alpha value is -3.40. The molecule has 2 aromatic carbocycles. The van der Waals surface area contributed by atoms with E-state index < -0.39 is 0 Å². The number of anilines is 2. The average molecular weight is 410 g/mol. The lowest BCUT2D eigenvalue weighted by Crippen LogP contribution is -2.14. The van der Waals surface area contributed by atoms with Crippen molar-refractivity contribution >= 4 is 35.0 Å². The van der Waals surface area contributed by atoms with Gasteiger partial charge in [0.25, 0.3) is 5.91 Å². The van der Waals surface area contributed by atoms with Gasteiger partial charge < -0.3 is 15.4 Å². The van der Waals surface area contributed by atoms with Gasteiger partial charge in [-0.2, -0.15) is 4.68 Å². The Bertz CT molecular complexity index is 1100. The summed E-state index contributed by atoms with van der Waals surface area (Å²) in [7, 11) is 1.55. The quantitative estimate of drug-likeness (QED) is 0.680. The first-order valence-corrected chi connectivity index (χ1v) is 9.85. The molecule has 1 aliphatic rings. The zero-order chi connectivity index (χ0) is 20.4. The number of nitrogens with one attached hydrogen (secondary N) is 2. The maximum atomic E-state index is 12.8. The fourth-order valence-electron chi connectivity index (χ4n) is 2.95. The van der Waals surface area contributed by atoms with Crippen LogP contribution in [0.15, 0.2) is 41.3 Å². The van der Waals surface area contributed by atoms with Gasteiger partial charge >= 0.3 is 0 Å². The Labute approximate surface area is 170 Å². The molecule has 0 spiro atoms. The van der Waals surface area contributed by atoms with E-state index in [2.05, 4.69) is 26.2 Å². The van der Waals surface area contributed by atoms with Crippen LogP contribution in [0.3, 0.4) is 0 Å². The number of carbonyl (C=O) groups excluding carboxylic acids is 2. The number of thioether (sulfide) groups is 1. The number of ether oxygens (including phenoxy) is 1. The summed E-state index contributed by atoms with van der Waals surface area (Å²) >= 11 is 1.59. The van der Waals surface area contributed by atoms with E-state index in [0.29, 0.717) is 40.6 Å². The fourth-order valence-corrected chi connectivity index (χ4v) is 3.89. The number of aryl methyl sites for hydroxylation is 1. The summed E-state index contributed by atoms with van der Waals surface area (Å²) < 4.78 is 6.91. The van der Waals surface area contributed by atoms with Gasteiger partial charge in [-0.1, -0.05) is 0 Å². The highest BCUT2D eigenvalue weighted by Crippen LogP contribution is 2.32. The summed E-state index contributed by atoms with van der Waals surface area (Å²) in [5, 5.41) is 17.2. The molecule has 2 amide bonds. The minimum atomic E-state index is -0.291. The van der Waals surface area contributed by atoms with Crippen molar-refractivity contribution in [3.8, 4) is 11.4 Å². The number of amides is 2. The second kappa shape index (κ2) is 7.92. The van der Waals surface area contributed by atoms with Crippen molar-refractivity contribution in [2.24, 2.45) is 0 Å². The van der Waals surface area contributed by atoms with Gasteiger partial charge in [-0.05, 0) is 53.7 Å². The topological polar surface area (TPSA) is 111 Å². The van der Waals surface area contributed by atoms with E-state index in [1.165, 1.54) is 4.68 Å². The van der Waals surface area contributed by atoms with Crippen LogP contribution in [0.5, 0.6) is 5.75 Å². The molecule has 0 radical (unpaired) electrons. The Morgan fingerprint density at radius 2 is 2.14 bits per heavy atom. The lowest BCUT2D eigenvalue weighted by molar-refractivity contribution is -0.115. The van der Waals surface area contributed by atoms with Gasteiger partial charge in [-0.25, -0.2) is 0 Å². The summed E-state index contributed by atoms with van der Waals surface area (Å²) in [4.78, 5) is 25.5. The van der Waals surface area contributed by atoms with Crippen LogP contribution in [0, 0.1) is 6.92 Å². The standard InChI is InChI=1S/C19H18N6O3S/c1-11-22-23-24-25(11)15-10-13(4-5-16(15)28-2)20-19(27)12-3-6-17-14(9-12)21-18(26)7-8-29-17/h3-6,9-10H,7-8H2,1-2H3,(H,20,27)(H,21,26). The SMILES string of the molecule is COc1ccc(NC(=O)c2ccc3c(c2)NC(=O)CCS3)cc1-n1nnnc1C. The van der Waals surface area contributed by atoms with Crippen LogP contribution in [-0.4, -0.2) is 44.9 Å². The number of rotatable bonds is 4. The van der Waals surface area contributed by atoms with E-state index in [9.17, 15) is 9.59 Å². The van der Waals surface area contributed by atoms with Gasteiger partial charge in [0, 0.05) is 28.3 Å². The second-order valence-corrected chi connectivity index (χ2v) is 7.47. The normalized spacial score (nSPS) is 13.2. The molecule has 0 fully saturated rings. The van der Waals surface area contributed by atoms with Crippen LogP contribution < -0.4 is 15.4 Å². The molecule has 1 aliphatic heterocycles. The van der Waals surface area contributed by atoms with Crippen molar-refractivity contribution in [1.82, 2.24) is 20.2 Å². The van der Waals surface area contributed by atoms with Crippen molar-refractivity contribution in [3.63, 3.8) is 0 Å². The van der Waals surface area contributed by atoms with Crippen LogP contribution in [0.25, 0.3) is 5.69 Å². The molecular weight excluding hydrogens is 392 g/mol. The number of hydrogen-bond acceptors (Lipinski definition) is 7. The van der Waals surface area contributed by atoms with Crippen LogP contribution in [0.2, 0.25) is 0 Å². The number of tetrazole rings is 1. The largest absolute Gasteiger partial charge is 0.494 e. The summed E-state index contributed by atoms with van der Waals surface area (Å²) in [6.07, 6.45) is 0.450. The van der Waals surface area contributed by atoms with Crippen molar-refractivity contribution < 1.29 is 14.3 Å². The predicted octanol–water partition coefficient (Wildman–Crippen LogP) is 2.67. The van der Waals surface area contributed by atoms with E-state index in [-0.39, 0.29) is 11.8 Å². The minimum absolute atomic E-state index is 0.0505. The molecule has 10 heteroatoms. The number of fused-ring (bicyclic) bond motifs is 1. The Balaban J connectivity index is 1.61. The van der Waals surface area contributed by atoms with Gasteiger partial charge in [-0.3, -0.25) is 9.59 Å². The highest BCUT2D eigenvalue weighted by atomic mass is 32.2. The van der Waals surface area contributed by atoms with E-state index >= 15 is 0 Å². The molecule has 0 atom stereocenters. The van der Waals surface area contributed by atoms with Crippen LogP contribution in [0.1, 0.15) is 22.6 Å². The zero-order valence-electron chi connectivity index (χ0n) is 15.8. The highest BCUT2D eigenvalue weighted by molar-refractivity contribution is 7.99. The average Bonchev–Trinajstić information content (AvgIpc) is 3.05. The zero-order valence-corrected chi connectivity index (χ0v) is 16.6. The summed E-state index contributed by atoms with van der Waals surface area (Å²) in [5.74, 6) is 1.54. The first kappa shape index (κ1) is 18.9. The van der Waals surface area contributed by atoms with E-state index in [1.54, 1.807) is 56.1 Å². The van der Waals surface area contributed by atoms with Crippen LogP contribution >= 0.6 is 11.8 Å². The summed E-state index contributed by atoms with van der Waals surface area (Å²) in [6.45, 7) is 1.77. The lowest BCUT2D eigenvalue weighted by atomic mass is 10.1. The molecule has 0 bridgehead atoms. The first-order valence-electron chi connectivity index (χ1n) is 8.86. The van der Waals surface area contributed by atoms with E-state index in [1.807, 2.05) is 6.07 Å². The Kier molecular flexibility index (Phi) is 5.17. The third kappa shape index (κ3) is 3.92. The van der Waals surface area contributed by atoms with E-state index in [0.717, 1.165) is 10.6 Å². The molecule has 148 valence electrons. The molecule has 3 aromatic rings. The van der Waals surface area contributed by atoms with Gasteiger partial charge in [0.05, 0.1) is 12.8 Å². The molecule has 1 aromatic heterocycles. The Morgan fingerprint density at radius 3 is 2.90 bits per heavy atom. The van der Waals surface area contributed by atoms with Crippen LogP contribution in [-0.2, 0) is 4.79 Å². The molecular formula is C19H18N6O3S. The van der Waals surface area contributed by atoms with E-state index in [4.69, 9.17) is 4.74 Å². The molecule has 4 rings (SSSR count). The Morgan fingerprint density at radius 1 is 1.28 bits per heavy atom. The number of methoxy groups -OCH3 is 1. The smallest absolute Gasteiger partial charge is 0.255 e. The molecule has 0 saturated carbocycles. The minimum Gasteiger partial charge on any atom is -0.494 e. The number of aromatic nitrogens is 4. The number of benzene rings is 2. The van der Waals surface area contributed by atoms with Gasteiger partial charge in [-0.15, -0.1) is 16.9 Å². The maximum Gasteiger partial charge on any atom is 0.255 e. The monoisotopic (exact) mass is 410 g/mol. The van der Waals surface area contributed by atoms with Crippen molar-refractivity contribution in [2.75, 3.05) is 23.5 Å². The van der Waals surface area contributed by atoms with Gasteiger partial charge in [0.2, 0.25) is 5.91 Å². The fraction of sp³-hybridized carbons (Fsp3) is 0.211. The molecule has 0 aliphatic carbocycles. The molecule has 0 unspecified atom stereocenters. The van der Waals surface area contributed by atoms with Crippen molar-refractivity contribution in [2.45, 2.75) is 18.2 Å². The summed E-state index contributed by atoms with van der Waals surface area (Å²) in [5.41, 5.74) is 2.28. The molecule has 2 heterocycles. The first-order chi connectivity index (χ1) is 14.0. The molecule has 29 heavy (non-hydrogen) atoms. The molecule has 2 N–H and O–H groups in total. The second-order valence-electron chi connectivity index (χ2n) is 6.34. The van der Waals surface area contributed by atoms with Gasteiger partial charge in [0.15, 0.2) is 5.82 Å². The third-order valence-electron chi connectivity index (χ3n) is 4.39. The molecule has 9 nitrogen and oxygen atoms in total. The highest BCUT2D eigenvalue weighted by Gasteiger charge is 2.17. The maximum absolute atomic E-state index is 12.8. The third-order valence-corrected chi connectivity index (χ3v) is 5.47. The van der Waals surface area contributed by atoms with Gasteiger partial charge in [0.1, 0.15) is 11.4 Å². The molecule has 0 saturated heterocycles. The van der Waals surface area contributed by atoms with Crippen molar-refractivity contribution in [1.29, 1.82) is 0 Å². The predicted molar refractivity (Wildman–Crippen MR) is 109 cm³/mol.